The summed E-state index contributed by atoms with van der Waals surface area (Å²) in [7, 11) is -32.9. The Balaban J connectivity index is 7.91. The van der Waals surface area contributed by atoms with E-state index in [0.717, 1.165) is 0 Å². The highest BCUT2D eigenvalue weighted by Gasteiger charge is 2.76. The van der Waals surface area contributed by atoms with Gasteiger partial charge in [-0.1, -0.05) is 210 Å². The van der Waals surface area contributed by atoms with Gasteiger partial charge in [0.05, 0.1) is 14.2 Å². The summed E-state index contributed by atoms with van der Waals surface area (Å²) in [5.41, 5.74) is 0. The second kappa shape index (κ2) is 18.5. The van der Waals surface area contributed by atoms with Gasteiger partial charge in [0.15, 0.2) is 32.3 Å². The molecule has 0 N–H and O–H groups in total. The van der Waals surface area contributed by atoms with Crippen LogP contribution in [0, 0.1) is 0 Å². The van der Waals surface area contributed by atoms with Crippen LogP contribution in [-0.2, 0) is 8.23 Å². The Morgan fingerprint density at radius 1 is 0.125 bits per heavy atom. The smallest absolute Gasteiger partial charge is 0.170 e. The van der Waals surface area contributed by atoms with Gasteiger partial charge in [-0.05, 0) is 65.5 Å². The predicted molar refractivity (Wildman–Crippen MR) is 364 cm³/mol. The van der Waals surface area contributed by atoms with Crippen molar-refractivity contribution >= 4 is 146 Å². The van der Waals surface area contributed by atoms with Crippen LogP contribution >= 0.6 is 0 Å². The Hall–Kier alpha value is 4.26. The lowest BCUT2D eigenvalue weighted by Crippen LogP contribution is -2.98. The summed E-state index contributed by atoms with van der Waals surface area (Å²) in [4.78, 5) is 0. The first kappa shape index (κ1) is 68.3. The summed E-state index contributed by atoms with van der Waals surface area (Å²) >= 11 is 0. The molecule has 0 amide bonds. The van der Waals surface area contributed by atoms with Crippen molar-refractivity contribution in [2.24, 2.45) is 0 Å². The van der Waals surface area contributed by atoms with E-state index >= 15 is 0 Å². The summed E-state index contributed by atoms with van der Waals surface area (Å²) < 4.78 is 14.8. The molecule has 0 unspecified atom stereocenters. The van der Waals surface area contributed by atoms with Gasteiger partial charge in [0.1, 0.15) is 0 Å². The van der Waals surface area contributed by atoms with Gasteiger partial charge in [-0.25, -0.2) is 0 Å². The van der Waals surface area contributed by atoms with Crippen molar-refractivity contribution < 1.29 is 8.23 Å². The van der Waals surface area contributed by atoms with Crippen LogP contribution in [0.4, 0.5) is 0 Å². The molecule has 64 heavy (non-hydrogen) atoms. The van der Waals surface area contributed by atoms with E-state index < -0.39 is 146 Å². The minimum Gasteiger partial charge on any atom is -0.458 e. The molecule has 0 aromatic carbocycles. The summed E-state index contributed by atoms with van der Waals surface area (Å²) in [6.07, 6.45) is 0. The molecule has 0 saturated carbocycles. The highest BCUT2D eigenvalue weighted by atomic mass is 30.2. The molecule has 0 saturated heterocycles. The maximum absolute atomic E-state index is 7.42. The maximum atomic E-state index is 7.42. The van der Waals surface area contributed by atoms with Gasteiger partial charge in [0.2, 0.25) is 0 Å². The van der Waals surface area contributed by atoms with E-state index in [9.17, 15) is 0 Å². The van der Waals surface area contributed by atoms with E-state index in [4.69, 9.17) is 8.23 Å². The summed E-state index contributed by atoms with van der Waals surface area (Å²) in [6, 6.07) is 0. The average molecular weight is 1230 g/mol. The second-order valence-corrected chi connectivity index (χ2v) is 253. The quantitative estimate of drug-likeness (QED) is 0.107. The molecule has 0 fully saturated rings. The lowest BCUT2D eigenvalue weighted by Gasteiger charge is -2.70. The van der Waals surface area contributed by atoms with Crippen LogP contribution in [0.3, 0.4) is 0 Å². The molecule has 0 heterocycles. The lowest BCUT2D eigenvalue weighted by molar-refractivity contribution is 0.570. The molecular formula is C42H126O2Si20. The first-order valence-corrected chi connectivity index (χ1v) is 104. The van der Waals surface area contributed by atoms with Crippen LogP contribution in [0.5, 0.6) is 0 Å². The van der Waals surface area contributed by atoms with Crippen LogP contribution in [-0.4, -0.2) is 146 Å². The first-order chi connectivity index (χ1) is 26.7. The fourth-order valence-electron chi connectivity index (χ4n) is 14.2. The summed E-state index contributed by atoms with van der Waals surface area (Å²) in [5, 5.41) is 0. The van der Waals surface area contributed by atoms with Gasteiger partial charge in [-0.2, -0.15) is 0 Å². The van der Waals surface area contributed by atoms with Gasteiger partial charge in [0, 0.05) is 99.5 Å². The molecule has 0 spiro atoms. The Morgan fingerprint density at radius 3 is 0.281 bits per heavy atom. The van der Waals surface area contributed by atoms with Gasteiger partial charge in [-0.15, -0.1) is 0 Å². The van der Waals surface area contributed by atoms with E-state index in [1.165, 1.54) is 0 Å². The van der Waals surface area contributed by atoms with Crippen molar-refractivity contribution in [3.05, 3.63) is 0 Å². The Morgan fingerprint density at radius 2 is 0.203 bits per heavy atom. The Bertz CT molecular complexity index is 1550. The van der Waals surface area contributed by atoms with Crippen LogP contribution < -0.4 is 0 Å². The molecule has 0 atom stereocenters. The average Bonchev–Trinajstić information content (AvgIpc) is 3.00. The third-order valence-corrected chi connectivity index (χ3v) is 463. The molecule has 22 heteroatoms. The fraction of sp³-hybridized carbons (Fsp3) is 1.00. The molecule has 0 aliphatic carbocycles. The largest absolute Gasteiger partial charge is 0.458 e. The Labute approximate surface area is 424 Å². The third kappa shape index (κ3) is 9.85. The van der Waals surface area contributed by atoms with Crippen molar-refractivity contribution in [1.29, 1.82) is 0 Å². The van der Waals surface area contributed by atoms with Crippen molar-refractivity contribution in [3.63, 3.8) is 0 Å². The van der Waals surface area contributed by atoms with Gasteiger partial charge >= 0.3 is 0 Å². The number of hydrogen-bond donors (Lipinski definition) is 0. The molecule has 0 aromatic heterocycles. The van der Waals surface area contributed by atoms with Crippen LogP contribution in [0.2, 0.25) is 275 Å². The lowest BCUT2D eigenvalue weighted by atomic mass is 11.8. The molecule has 0 rings (SSSR count). The monoisotopic (exact) mass is 1220 g/mol. The fourth-order valence-corrected chi connectivity index (χ4v) is 665. The second-order valence-electron chi connectivity index (χ2n) is 33.4. The highest BCUT2D eigenvalue weighted by Crippen LogP contribution is 2.52. The maximum Gasteiger partial charge on any atom is 0.170 e. The van der Waals surface area contributed by atoms with E-state index in [1.54, 1.807) is 0 Å². The van der Waals surface area contributed by atoms with Crippen molar-refractivity contribution in [1.82, 2.24) is 0 Å². The predicted octanol–water partition coefficient (Wildman–Crippen LogP) is 16.8. The molecular weight excluding hydrogens is 1100 g/mol. The van der Waals surface area contributed by atoms with Gasteiger partial charge in [0.25, 0.3) is 0 Å². The molecule has 0 radical (unpaired) electrons. The van der Waals surface area contributed by atoms with Crippen molar-refractivity contribution in [2.45, 2.75) is 275 Å². The van der Waals surface area contributed by atoms with Crippen LogP contribution in [0.15, 0.2) is 0 Å². The highest BCUT2D eigenvalue weighted by molar-refractivity contribution is 8.12. The van der Waals surface area contributed by atoms with Gasteiger partial charge in [-0.3, -0.25) is 0 Å². The summed E-state index contributed by atoms with van der Waals surface area (Å²) in [5.74, 6) is 0. The molecule has 0 aromatic rings. The van der Waals surface area contributed by atoms with E-state index in [1.807, 2.05) is 0 Å². The third-order valence-electron chi connectivity index (χ3n) is 27.6. The Kier molecular flexibility index (Phi) is 19.8. The number of rotatable bonds is 21. The van der Waals surface area contributed by atoms with E-state index in [2.05, 4.69) is 275 Å². The van der Waals surface area contributed by atoms with Crippen molar-refractivity contribution in [3.8, 4) is 0 Å². The molecule has 386 valence electrons. The molecule has 0 bridgehead atoms. The van der Waals surface area contributed by atoms with Gasteiger partial charge < -0.3 is 8.23 Å². The minimum atomic E-state index is -1.82. The first-order valence-electron chi connectivity index (χ1n) is 26.1. The van der Waals surface area contributed by atoms with Crippen LogP contribution in [0.25, 0.3) is 0 Å². The van der Waals surface area contributed by atoms with Crippen LogP contribution in [0.1, 0.15) is 0 Å². The topological polar surface area (TPSA) is 18.5 Å². The summed E-state index contributed by atoms with van der Waals surface area (Å²) in [6.45, 7) is 123. The van der Waals surface area contributed by atoms with E-state index in [0.29, 0.717) is 0 Å². The zero-order chi connectivity index (χ0) is 53.4. The molecule has 2 nitrogen and oxygen atoms in total. The SMILES string of the molecule is C[Si](C)(C)O[Si](C)(C)[Si](C)(C)[Si](C)(C)[Si](C)(C)[Si](C)(C)[Si](C)(C)[Si](C)(C)[Si](C)(C)[Si](C)(C)[Si](C)(C)[Si](C)(C)[Si](C)(C)[Si](C)(C)[Si](C)(C)[Si](C)(C)[Si](C)(C)[Si](C)(C)[Si](C)(C)O[Si](C)(C)C. The zero-order valence-corrected chi connectivity index (χ0v) is 72.8. The minimum absolute atomic E-state index is 1.60. The van der Waals surface area contributed by atoms with Crippen molar-refractivity contribution in [2.75, 3.05) is 0 Å². The normalized spacial score (nSPS) is 17.3. The molecule has 0 aliphatic heterocycles. The molecule has 0 aliphatic rings. The van der Waals surface area contributed by atoms with E-state index in [-0.39, 0.29) is 0 Å². The number of hydrogen-bond acceptors (Lipinski definition) is 2. The zero-order valence-electron chi connectivity index (χ0n) is 52.8. The standard InChI is InChI=1S/C42H126O2Si20/c1-45(2,3)43-47(7,8)49(11,12)51(15,16)53(19,20)55(23,24)57(27,28)59(31,32)61(35,36)63(39,40)64(41,42)62(37,38)60(33,34)58(29,30)56(25,26)54(21,22)52(17,18)50(13,14)48(9,10)44-46(4,5)6/h1-42H3.